The zero-order chi connectivity index (χ0) is 20.0. The first-order valence-corrected chi connectivity index (χ1v) is 10.3. The van der Waals surface area contributed by atoms with E-state index >= 15 is 0 Å². The Hall–Kier alpha value is -2.86. The molecule has 0 saturated heterocycles. The molecule has 3 N–H and O–H groups in total. The van der Waals surface area contributed by atoms with Crippen molar-refractivity contribution in [2.45, 2.75) is 44.6 Å². The molecule has 0 atom stereocenters. The number of pyridine rings is 1. The van der Waals surface area contributed by atoms with Crippen LogP contribution >= 0.6 is 0 Å². The summed E-state index contributed by atoms with van der Waals surface area (Å²) < 4.78 is 1.96. The number of amides is 1. The molecule has 3 heterocycles. The fraction of sp³-hybridized carbons (Fsp3) is 0.391. The van der Waals surface area contributed by atoms with Crippen molar-refractivity contribution < 1.29 is 9.90 Å². The van der Waals surface area contributed by atoms with Crippen molar-refractivity contribution in [2.24, 2.45) is 0 Å². The number of aliphatic hydroxyl groups excluding tert-OH is 1. The van der Waals surface area contributed by atoms with Gasteiger partial charge in [-0.1, -0.05) is 24.3 Å². The quantitative estimate of drug-likeness (QED) is 0.599. The van der Waals surface area contributed by atoms with E-state index in [1.807, 2.05) is 23.7 Å². The summed E-state index contributed by atoms with van der Waals surface area (Å²) in [7, 11) is 0. The van der Waals surface area contributed by atoms with Gasteiger partial charge in [0.2, 0.25) is 0 Å². The second-order valence-electron chi connectivity index (χ2n) is 8.37. The molecule has 29 heavy (non-hydrogen) atoms. The Balaban J connectivity index is 1.55. The molecule has 150 valence electrons. The normalized spacial score (nSPS) is 16.5. The van der Waals surface area contributed by atoms with Crippen LogP contribution in [0.25, 0.3) is 5.65 Å². The molecule has 1 aromatic carbocycles. The largest absolute Gasteiger partial charge is 0.396 e. The summed E-state index contributed by atoms with van der Waals surface area (Å²) in [5.41, 5.74) is 7.37. The number of fused-ring (bicyclic) bond motifs is 4. The fourth-order valence-corrected chi connectivity index (χ4v) is 4.90. The number of aromatic nitrogens is 2. The zero-order valence-corrected chi connectivity index (χ0v) is 16.7. The Morgan fingerprint density at radius 2 is 2.03 bits per heavy atom. The highest BCUT2D eigenvalue weighted by Crippen LogP contribution is 2.42. The maximum absolute atomic E-state index is 12.9. The van der Waals surface area contributed by atoms with Crippen LogP contribution in [0.5, 0.6) is 0 Å². The lowest BCUT2D eigenvalue weighted by atomic mass is 9.82. The topological polar surface area (TPSA) is 78.7 Å². The summed E-state index contributed by atoms with van der Waals surface area (Å²) in [5, 5.41) is 15.8. The van der Waals surface area contributed by atoms with E-state index in [1.54, 1.807) is 0 Å². The van der Waals surface area contributed by atoms with Gasteiger partial charge in [-0.15, -0.1) is 0 Å². The van der Waals surface area contributed by atoms with Crippen LogP contribution in [-0.4, -0.2) is 39.1 Å². The highest BCUT2D eigenvalue weighted by Gasteiger charge is 2.41. The third-order valence-corrected chi connectivity index (χ3v) is 6.26. The molecule has 0 radical (unpaired) electrons. The third kappa shape index (κ3) is 3.08. The second kappa shape index (κ2) is 6.88. The van der Waals surface area contributed by atoms with Crippen molar-refractivity contribution in [2.75, 3.05) is 18.5 Å². The van der Waals surface area contributed by atoms with Gasteiger partial charge in [0.15, 0.2) is 5.65 Å². The SMILES string of the molecule is Cc1cn2cc(C(=O)NCCCO)c3c(c2n1)NC1(CC3)Cc2ccccc2C1. The van der Waals surface area contributed by atoms with Crippen LogP contribution in [0.1, 0.15) is 45.6 Å². The number of carbonyl (C=O) groups is 1. The van der Waals surface area contributed by atoms with Gasteiger partial charge in [0, 0.05) is 31.1 Å². The van der Waals surface area contributed by atoms with Crippen LogP contribution in [0, 0.1) is 6.92 Å². The minimum absolute atomic E-state index is 0.0109. The highest BCUT2D eigenvalue weighted by molar-refractivity contribution is 5.98. The zero-order valence-electron chi connectivity index (χ0n) is 16.7. The summed E-state index contributed by atoms with van der Waals surface area (Å²) in [5.74, 6) is -0.0876. The third-order valence-electron chi connectivity index (χ3n) is 6.26. The average Bonchev–Trinajstić information content (AvgIpc) is 3.26. The molecule has 5 rings (SSSR count). The van der Waals surface area contributed by atoms with E-state index in [9.17, 15) is 4.79 Å². The summed E-state index contributed by atoms with van der Waals surface area (Å²) >= 11 is 0. The van der Waals surface area contributed by atoms with Crippen LogP contribution in [0.4, 0.5) is 5.69 Å². The smallest absolute Gasteiger partial charge is 0.253 e. The van der Waals surface area contributed by atoms with Gasteiger partial charge in [-0.25, -0.2) is 4.98 Å². The average molecular weight is 390 g/mol. The van der Waals surface area contributed by atoms with E-state index in [1.165, 1.54) is 11.1 Å². The second-order valence-corrected chi connectivity index (χ2v) is 8.37. The van der Waals surface area contributed by atoms with E-state index in [0.29, 0.717) is 18.5 Å². The Labute approximate surface area is 170 Å². The lowest BCUT2D eigenvalue weighted by molar-refractivity contribution is 0.0949. The summed E-state index contributed by atoms with van der Waals surface area (Å²) in [6.07, 6.45) is 8.25. The van der Waals surface area contributed by atoms with Gasteiger partial charge in [-0.05, 0) is 55.7 Å². The van der Waals surface area contributed by atoms with Gasteiger partial charge in [-0.2, -0.15) is 0 Å². The van der Waals surface area contributed by atoms with Gasteiger partial charge < -0.3 is 20.1 Å². The molecule has 0 bridgehead atoms. The maximum atomic E-state index is 12.9. The molecule has 2 aliphatic rings. The van der Waals surface area contributed by atoms with E-state index in [4.69, 9.17) is 10.1 Å². The maximum Gasteiger partial charge on any atom is 0.253 e. The van der Waals surface area contributed by atoms with Crippen LogP contribution in [0.15, 0.2) is 36.7 Å². The highest BCUT2D eigenvalue weighted by atomic mass is 16.3. The molecule has 1 spiro atoms. The van der Waals surface area contributed by atoms with Crippen molar-refractivity contribution in [1.82, 2.24) is 14.7 Å². The molecule has 3 aromatic rings. The van der Waals surface area contributed by atoms with Crippen molar-refractivity contribution in [1.29, 1.82) is 0 Å². The molecule has 6 nitrogen and oxygen atoms in total. The summed E-state index contributed by atoms with van der Waals surface area (Å²) in [6.45, 7) is 2.52. The molecule has 1 aliphatic carbocycles. The van der Waals surface area contributed by atoms with Gasteiger partial charge >= 0.3 is 0 Å². The molecule has 0 saturated carbocycles. The summed E-state index contributed by atoms with van der Waals surface area (Å²) in [4.78, 5) is 17.6. The van der Waals surface area contributed by atoms with Crippen molar-refractivity contribution in [3.05, 3.63) is 64.6 Å². The fourth-order valence-electron chi connectivity index (χ4n) is 4.90. The van der Waals surface area contributed by atoms with E-state index in [0.717, 1.165) is 48.3 Å². The Morgan fingerprint density at radius 3 is 2.76 bits per heavy atom. The number of nitrogens with one attached hydrogen (secondary N) is 2. The predicted molar refractivity (Wildman–Crippen MR) is 112 cm³/mol. The molecule has 0 unspecified atom stereocenters. The summed E-state index contributed by atoms with van der Waals surface area (Å²) in [6, 6.07) is 8.67. The van der Waals surface area contributed by atoms with E-state index in [-0.39, 0.29) is 18.1 Å². The van der Waals surface area contributed by atoms with Crippen LogP contribution < -0.4 is 10.6 Å². The van der Waals surface area contributed by atoms with Crippen molar-refractivity contribution in [3.63, 3.8) is 0 Å². The van der Waals surface area contributed by atoms with Crippen LogP contribution in [0.2, 0.25) is 0 Å². The Kier molecular flexibility index (Phi) is 4.32. The first-order chi connectivity index (χ1) is 14.1. The number of hydrogen-bond acceptors (Lipinski definition) is 4. The number of carbonyl (C=O) groups excluding carboxylic acids is 1. The van der Waals surface area contributed by atoms with Crippen LogP contribution in [0.3, 0.4) is 0 Å². The molecular weight excluding hydrogens is 364 g/mol. The van der Waals surface area contributed by atoms with Gasteiger partial charge in [0.25, 0.3) is 5.91 Å². The lowest BCUT2D eigenvalue weighted by Gasteiger charge is -2.37. The molecule has 2 aromatic heterocycles. The number of hydrogen-bond donors (Lipinski definition) is 3. The number of benzene rings is 1. The number of aryl methyl sites for hydroxylation is 1. The molecule has 0 fully saturated rings. The number of anilines is 1. The van der Waals surface area contributed by atoms with E-state index in [2.05, 4.69) is 34.9 Å². The number of rotatable bonds is 4. The van der Waals surface area contributed by atoms with Crippen LogP contribution in [-0.2, 0) is 19.3 Å². The van der Waals surface area contributed by atoms with Gasteiger partial charge in [-0.3, -0.25) is 4.79 Å². The molecular formula is C23H26N4O2. The van der Waals surface area contributed by atoms with E-state index < -0.39 is 0 Å². The monoisotopic (exact) mass is 390 g/mol. The minimum atomic E-state index is -0.0876. The predicted octanol–water partition coefficient (Wildman–Crippen LogP) is 2.65. The lowest BCUT2D eigenvalue weighted by Crippen LogP contribution is -2.43. The first kappa shape index (κ1) is 18.2. The standard InChI is InChI=1S/C23H26N4O2/c1-15-13-27-14-19(22(29)24-9-4-10-28)18-7-8-23(26-20(18)21(27)25-15)11-16-5-2-3-6-17(16)12-23/h2-3,5-6,13-14,26,28H,4,7-12H2,1H3,(H,24,29). The molecule has 1 amide bonds. The first-order valence-electron chi connectivity index (χ1n) is 10.3. The Bertz CT molecular complexity index is 1080. The number of nitrogens with zero attached hydrogens (tertiary/aromatic N) is 2. The molecule has 6 heteroatoms. The van der Waals surface area contributed by atoms with Crippen molar-refractivity contribution in [3.8, 4) is 0 Å². The number of imidazole rings is 1. The Morgan fingerprint density at radius 1 is 1.28 bits per heavy atom. The number of aliphatic hydroxyl groups is 1. The van der Waals surface area contributed by atoms with Gasteiger partial charge in [0.05, 0.1) is 16.9 Å². The van der Waals surface area contributed by atoms with Gasteiger partial charge in [0.1, 0.15) is 0 Å². The van der Waals surface area contributed by atoms with Crippen molar-refractivity contribution >= 4 is 17.2 Å². The molecule has 1 aliphatic heterocycles. The minimum Gasteiger partial charge on any atom is -0.396 e.